The van der Waals surface area contributed by atoms with Crippen molar-refractivity contribution < 1.29 is 9.18 Å². The number of nitrogens with one attached hydrogen (secondary N) is 2. The molecule has 0 spiro atoms. The Morgan fingerprint density at radius 2 is 1.72 bits per heavy atom. The summed E-state index contributed by atoms with van der Waals surface area (Å²) in [5.74, 6) is -0.245. The average molecular weight is 383 g/mol. The number of hydrogen-bond donors (Lipinski definition) is 2. The third kappa shape index (κ3) is 3.19. The van der Waals surface area contributed by atoms with Crippen LogP contribution in [0.3, 0.4) is 0 Å². The molecule has 29 heavy (non-hydrogen) atoms. The van der Waals surface area contributed by atoms with E-state index in [1.807, 2.05) is 36.4 Å². The van der Waals surface area contributed by atoms with E-state index < -0.39 is 11.7 Å². The Labute approximate surface area is 164 Å². The number of aromatic amines is 1. The number of imidazole rings is 1. The van der Waals surface area contributed by atoms with E-state index in [1.165, 1.54) is 18.5 Å². The third-order valence-electron chi connectivity index (χ3n) is 4.59. The van der Waals surface area contributed by atoms with Gasteiger partial charge in [0.1, 0.15) is 17.2 Å². The number of amides is 1. The number of H-pyrrole nitrogens is 1. The van der Waals surface area contributed by atoms with E-state index in [2.05, 4.69) is 25.3 Å². The SMILES string of the molecule is O=C(Nc1ccc(-c2nc3ccccc3[nH]2)cc1)c1cc(F)cc2nccnc12. The quantitative estimate of drug-likeness (QED) is 0.478. The van der Waals surface area contributed by atoms with Crippen molar-refractivity contribution in [1.82, 2.24) is 19.9 Å². The fourth-order valence-electron chi connectivity index (χ4n) is 3.21. The molecule has 2 N–H and O–H groups in total. The Morgan fingerprint density at radius 1 is 0.931 bits per heavy atom. The molecule has 2 aromatic heterocycles. The third-order valence-corrected chi connectivity index (χ3v) is 4.59. The first-order valence-corrected chi connectivity index (χ1v) is 8.94. The van der Waals surface area contributed by atoms with Crippen molar-refractivity contribution in [2.24, 2.45) is 0 Å². The molecule has 2 heterocycles. The van der Waals surface area contributed by atoms with Gasteiger partial charge in [-0.25, -0.2) is 9.37 Å². The first-order chi connectivity index (χ1) is 14.2. The van der Waals surface area contributed by atoms with Gasteiger partial charge in [-0.3, -0.25) is 14.8 Å². The van der Waals surface area contributed by atoms with Gasteiger partial charge in [0.05, 0.1) is 22.1 Å². The van der Waals surface area contributed by atoms with E-state index in [1.54, 1.807) is 12.1 Å². The Kier molecular flexibility index (Phi) is 3.98. The molecule has 1 amide bonds. The number of anilines is 1. The standard InChI is InChI=1S/C22H14FN5O/c23-14-11-16(20-19(12-14)24-9-10-25-20)22(29)26-15-7-5-13(6-8-15)21-27-17-3-1-2-4-18(17)28-21/h1-12H,(H,26,29)(H,27,28). The molecule has 3 aromatic carbocycles. The summed E-state index contributed by atoms with van der Waals surface area (Å²) in [6.07, 6.45) is 2.93. The summed E-state index contributed by atoms with van der Waals surface area (Å²) < 4.78 is 13.9. The summed E-state index contributed by atoms with van der Waals surface area (Å²) in [6.45, 7) is 0. The number of nitrogens with zero attached hydrogens (tertiary/aromatic N) is 3. The van der Waals surface area contributed by atoms with Crippen LogP contribution in [0.5, 0.6) is 0 Å². The minimum Gasteiger partial charge on any atom is -0.338 e. The van der Waals surface area contributed by atoms with Gasteiger partial charge in [-0.05, 0) is 42.5 Å². The van der Waals surface area contributed by atoms with E-state index in [0.717, 1.165) is 28.5 Å². The van der Waals surface area contributed by atoms with Crippen LogP contribution in [0.15, 0.2) is 73.1 Å². The molecule has 7 heteroatoms. The van der Waals surface area contributed by atoms with Crippen molar-refractivity contribution in [2.45, 2.75) is 0 Å². The predicted molar refractivity (Wildman–Crippen MR) is 109 cm³/mol. The van der Waals surface area contributed by atoms with E-state index >= 15 is 0 Å². The molecule has 0 atom stereocenters. The molecular weight excluding hydrogens is 369 g/mol. The van der Waals surface area contributed by atoms with Crippen LogP contribution >= 0.6 is 0 Å². The lowest BCUT2D eigenvalue weighted by atomic mass is 10.1. The normalized spacial score (nSPS) is 11.1. The minimum atomic E-state index is -0.539. The number of halogens is 1. The molecule has 0 saturated heterocycles. The maximum atomic E-state index is 13.9. The largest absolute Gasteiger partial charge is 0.338 e. The minimum absolute atomic E-state index is 0.134. The monoisotopic (exact) mass is 383 g/mol. The fraction of sp³-hybridized carbons (Fsp3) is 0. The van der Waals surface area contributed by atoms with Crippen molar-refractivity contribution in [2.75, 3.05) is 5.32 Å². The summed E-state index contributed by atoms with van der Waals surface area (Å²) in [5, 5.41) is 2.78. The highest BCUT2D eigenvalue weighted by atomic mass is 19.1. The number of fused-ring (bicyclic) bond motifs is 2. The Balaban J connectivity index is 1.42. The molecule has 0 saturated carbocycles. The van der Waals surface area contributed by atoms with Crippen molar-refractivity contribution in [3.63, 3.8) is 0 Å². The first-order valence-electron chi connectivity index (χ1n) is 8.94. The van der Waals surface area contributed by atoms with E-state index in [4.69, 9.17) is 0 Å². The smallest absolute Gasteiger partial charge is 0.258 e. The van der Waals surface area contributed by atoms with Gasteiger partial charge < -0.3 is 10.3 Å². The maximum absolute atomic E-state index is 13.9. The number of carbonyl (C=O) groups is 1. The van der Waals surface area contributed by atoms with Crippen molar-refractivity contribution >= 4 is 33.7 Å². The zero-order valence-corrected chi connectivity index (χ0v) is 15.1. The Hall–Kier alpha value is -4.13. The fourth-order valence-corrected chi connectivity index (χ4v) is 3.21. The van der Waals surface area contributed by atoms with Gasteiger partial charge in [0.25, 0.3) is 5.91 Å². The molecule has 0 aliphatic rings. The van der Waals surface area contributed by atoms with Gasteiger partial charge in [0.2, 0.25) is 0 Å². The number of carbonyl (C=O) groups excluding carboxylic acids is 1. The van der Waals surface area contributed by atoms with Crippen LogP contribution in [0.4, 0.5) is 10.1 Å². The van der Waals surface area contributed by atoms with Crippen molar-refractivity contribution in [3.05, 3.63) is 84.4 Å². The summed E-state index contributed by atoms with van der Waals surface area (Å²) in [5.41, 5.74) is 4.13. The second-order valence-corrected chi connectivity index (χ2v) is 6.51. The molecule has 0 unspecified atom stereocenters. The topological polar surface area (TPSA) is 83.6 Å². The molecule has 0 bridgehead atoms. The summed E-state index contributed by atoms with van der Waals surface area (Å²) in [7, 11) is 0. The molecule has 5 aromatic rings. The van der Waals surface area contributed by atoms with E-state index in [0.29, 0.717) is 16.7 Å². The van der Waals surface area contributed by atoms with Crippen molar-refractivity contribution in [3.8, 4) is 11.4 Å². The van der Waals surface area contributed by atoms with E-state index in [9.17, 15) is 9.18 Å². The highest BCUT2D eigenvalue weighted by Crippen LogP contribution is 2.23. The number of hydrogen-bond acceptors (Lipinski definition) is 4. The maximum Gasteiger partial charge on any atom is 0.258 e. The molecular formula is C22H14FN5O. The number of aromatic nitrogens is 4. The number of rotatable bonds is 3. The number of benzene rings is 3. The molecule has 0 radical (unpaired) electrons. The molecule has 0 aliphatic heterocycles. The molecule has 0 aliphatic carbocycles. The zero-order chi connectivity index (χ0) is 19.8. The highest BCUT2D eigenvalue weighted by molar-refractivity contribution is 6.11. The second kappa shape index (κ2) is 6.79. The first kappa shape index (κ1) is 17.0. The van der Waals surface area contributed by atoms with Crippen LogP contribution in [0, 0.1) is 5.82 Å². The molecule has 5 rings (SSSR count). The lowest BCUT2D eigenvalue weighted by Crippen LogP contribution is -2.13. The number of para-hydroxylation sites is 2. The second-order valence-electron chi connectivity index (χ2n) is 6.51. The lowest BCUT2D eigenvalue weighted by molar-refractivity contribution is 0.102. The molecule has 0 fully saturated rings. The van der Waals surface area contributed by atoms with Crippen LogP contribution in [0.1, 0.15) is 10.4 Å². The molecule has 6 nitrogen and oxygen atoms in total. The summed E-state index contributed by atoms with van der Waals surface area (Å²) in [6, 6.07) is 17.5. The van der Waals surface area contributed by atoms with Gasteiger partial charge in [-0.15, -0.1) is 0 Å². The lowest BCUT2D eigenvalue weighted by Gasteiger charge is -2.08. The Bertz CT molecular complexity index is 1330. The van der Waals surface area contributed by atoms with Crippen molar-refractivity contribution in [1.29, 1.82) is 0 Å². The predicted octanol–water partition coefficient (Wildman–Crippen LogP) is 4.56. The van der Waals surface area contributed by atoms with Gasteiger partial charge in [0.15, 0.2) is 0 Å². The van der Waals surface area contributed by atoms with Gasteiger partial charge in [-0.2, -0.15) is 0 Å². The summed E-state index contributed by atoms with van der Waals surface area (Å²) in [4.78, 5) is 28.7. The summed E-state index contributed by atoms with van der Waals surface area (Å²) >= 11 is 0. The highest BCUT2D eigenvalue weighted by Gasteiger charge is 2.14. The van der Waals surface area contributed by atoms with E-state index in [-0.39, 0.29) is 5.56 Å². The Morgan fingerprint density at radius 3 is 2.55 bits per heavy atom. The van der Waals surface area contributed by atoms with Crippen LogP contribution < -0.4 is 5.32 Å². The molecule has 140 valence electrons. The van der Waals surface area contributed by atoms with Gasteiger partial charge in [0, 0.05) is 29.7 Å². The van der Waals surface area contributed by atoms with Crippen LogP contribution in [0.25, 0.3) is 33.5 Å². The zero-order valence-electron chi connectivity index (χ0n) is 15.1. The van der Waals surface area contributed by atoms with Crippen LogP contribution in [0.2, 0.25) is 0 Å². The average Bonchev–Trinajstić information content (AvgIpc) is 3.18. The van der Waals surface area contributed by atoms with Crippen LogP contribution in [-0.2, 0) is 0 Å². The van der Waals surface area contributed by atoms with Crippen LogP contribution in [-0.4, -0.2) is 25.8 Å². The van der Waals surface area contributed by atoms with Gasteiger partial charge in [-0.1, -0.05) is 12.1 Å². The van der Waals surface area contributed by atoms with Gasteiger partial charge >= 0.3 is 0 Å².